The Kier molecular flexibility index (Phi) is 5.29. The number of phenols is 1. The van der Waals surface area contributed by atoms with Crippen molar-refractivity contribution in [2.75, 3.05) is 10.8 Å². The van der Waals surface area contributed by atoms with Crippen LogP contribution in [0.4, 0.5) is 10.1 Å². The monoisotopic (exact) mass is 456 g/mol. The van der Waals surface area contributed by atoms with Crippen LogP contribution in [-0.4, -0.2) is 36.5 Å². The summed E-state index contributed by atoms with van der Waals surface area (Å²) in [4.78, 5) is 2.37. The summed E-state index contributed by atoms with van der Waals surface area (Å²) in [6.45, 7) is 3.61. The number of piperidine rings is 1. The van der Waals surface area contributed by atoms with Gasteiger partial charge in [0, 0.05) is 24.5 Å². The molecule has 2 fully saturated rings. The summed E-state index contributed by atoms with van der Waals surface area (Å²) in [5.74, 6) is 0.404. The van der Waals surface area contributed by atoms with Crippen molar-refractivity contribution in [3.05, 3.63) is 70.9 Å². The van der Waals surface area contributed by atoms with Crippen LogP contribution in [-0.2, 0) is 16.6 Å². The summed E-state index contributed by atoms with van der Waals surface area (Å²) in [5.41, 5.74) is 1.93. The molecule has 0 amide bonds. The molecule has 2 atom stereocenters. The summed E-state index contributed by atoms with van der Waals surface area (Å²) in [6.07, 6.45) is 6.55. The average molecular weight is 457 g/mol. The zero-order valence-corrected chi connectivity index (χ0v) is 19.1. The lowest BCUT2D eigenvalue weighted by molar-refractivity contribution is 0.119. The first-order chi connectivity index (χ1) is 15.3. The molecule has 5 nitrogen and oxygen atoms in total. The van der Waals surface area contributed by atoms with Crippen LogP contribution in [0.25, 0.3) is 0 Å². The van der Waals surface area contributed by atoms with Gasteiger partial charge in [0.15, 0.2) is 0 Å². The van der Waals surface area contributed by atoms with Gasteiger partial charge in [-0.05, 0) is 80.0 Å². The van der Waals surface area contributed by atoms with E-state index in [2.05, 4.69) is 17.9 Å². The summed E-state index contributed by atoms with van der Waals surface area (Å²) < 4.78 is 41.0. The zero-order valence-electron chi connectivity index (χ0n) is 18.2. The maximum absolute atomic E-state index is 13.9. The highest BCUT2D eigenvalue weighted by molar-refractivity contribution is 7.96. The van der Waals surface area contributed by atoms with Crippen LogP contribution in [0, 0.1) is 5.82 Å². The Morgan fingerprint density at radius 2 is 2.00 bits per heavy atom. The van der Waals surface area contributed by atoms with Crippen LogP contribution in [0.5, 0.6) is 5.75 Å². The van der Waals surface area contributed by atoms with Crippen molar-refractivity contribution in [2.24, 2.45) is 0 Å². The van der Waals surface area contributed by atoms with Crippen LogP contribution in [0.1, 0.15) is 56.1 Å². The predicted octanol–water partition coefficient (Wildman–Crippen LogP) is 4.89. The number of likely N-dealkylation sites (tertiary alicyclic amines) is 1. The Morgan fingerprint density at radius 1 is 1.19 bits per heavy atom. The fourth-order valence-corrected chi connectivity index (χ4v) is 7.14. The normalized spacial score (nSPS) is 27.7. The maximum Gasteiger partial charge on any atom is 0.258 e. The van der Waals surface area contributed by atoms with Gasteiger partial charge in [0.2, 0.25) is 0 Å². The van der Waals surface area contributed by atoms with Crippen molar-refractivity contribution < 1.29 is 17.9 Å². The third-order valence-corrected chi connectivity index (χ3v) is 8.94. The molecule has 7 heteroatoms. The molecule has 0 radical (unpaired) electrons. The van der Waals surface area contributed by atoms with Gasteiger partial charge in [-0.2, -0.15) is 0 Å². The Hall–Kier alpha value is -2.38. The first-order valence-electron chi connectivity index (χ1n) is 11.3. The van der Waals surface area contributed by atoms with Crippen LogP contribution in [0.15, 0.2) is 53.9 Å². The number of benzene rings is 2. The van der Waals surface area contributed by atoms with Gasteiger partial charge in [-0.25, -0.2) is 12.8 Å². The molecule has 1 spiro atoms. The van der Waals surface area contributed by atoms with E-state index >= 15 is 0 Å². The van der Waals surface area contributed by atoms with Crippen molar-refractivity contribution in [1.29, 1.82) is 0 Å². The van der Waals surface area contributed by atoms with E-state index in [0.717, 1.165) is 31.5 Å². The molecule has 0 bridgehead atoms. The zero-order chi connectivity index (χ0) is 22.5. The van der Waals surface area contributed by atoms with Crippen LogP contribution in [0.2, 0.25) is 0 Å². The largest absolute Gasteiger partial charge is 0.508 e. The molecule has 5 rings (SSSR count). The second kappa shape index (κ2) is 7.89. The van der Waals surface area contributed by atoms with E-state index in [1.54, 1.807) is 24.3 Å². The molecule has 2 aromatic carbocycles. The van der Waals surface area contributed by atoms with Gasteiger partial charge in [-0.15, -0.1) is 0 Å². The van der Waals surface area contributed by atoms with E-state index in [1.165, 1.54) is 33.8 Å². The molecule has 0 unspecified atom stereocenters. The van der Waals surface area contributed by atoms with Crippen molar-refractivity contribution in [1.82, 2.24) is 4.90 Å². The molecule has 32 heavy (non-hydrogen) atoms. The maximum atomic E-state index is 13.9. The molecular weight excluding hydrogens is 427 g/mol. The summed E-state index contributed by atoms with van der Waals surface area (Å²) in [6, 6.07) is 11.9. The van der Waals surface area contributed by atoms with E-state index in [0.29, 0.717) is 30.2 Å². The predicted molar refractivity (Wildman–Crippen MR) is 123 cm³/mol. The number of anilines is 1. The molecular formula is C25H29FN2O3S. The fourth-order valence-electron chi connectivity index (χ4n) is 5.46. The standard InChI is InChI=1S/C25H29FN2O3S/c1-18-16-25(11-13-32(30,31)28(25)22-7-3-6-21(26)15-22)10-12-27(18)17-19-8-9-24(29)23(14-19)20-4-2-5-20/h3,6-9,11,13-15,18,20,29H,2,4-5,10,12,16-17H2,1H3/t18-,25-/m0/s1. The van der Waals surface area contributed by atoms with Crippen LogP contribution < -0.4 is 4.31 Å². The SMILES string of the molecule is C[C@H]1C[C@@]2(C=CS(=O)(=O)N2c2cccc(F)c2)CCN1Cc1ccc(O)c(C2CCC2)c1. The highest BCUT2D eigenvalue weighted by Crippen LogP contribution is 2.44. The van der Waals surface area contributed by atoms with Crippen LogP contribution in [0.3, 0.4) is 0 Å². The molecule has 1 N–H and O–H groups in total. The molecule has 2 aliphatic heterocycles. The van der Waals surface area contributed by atoms with Gasteiger partial charge in [0.05, 0.1) is 11.2 Å². The number of aromatic hydroxyl groups is 1. The molecule has 2 aromatic rings. The number of phenolic OH excluding ortho intramolecular Hbond substituents is 1. The van der Waals surface area contributed by atoms with Gasteiger partial charge in [-0.1, -0.05) is 24.6 Å². The highest BCUT2D eigenvalue weighted by atomic mass is 32.2. The van der Waals surface area contributed by atoms with Gasteiger partial charge >= 0.3 is 0 Å². The Labute approximate surface area is 189 Å². The van der Waals surface area contributed by atoms with E-state index in [-0.39, 0.29) is 6.04 Å². The van der Waals surface area contributed by atoms with E-state index < -0.39 is 21.4 Å². The Morgan fingerprint density at radius 3 is 2.69 bits per heavy atom. The minimum Gasteiger partial charge on any atom is -0.508 e. The number of halogens is 1. The summed E-state index contributed by atoms with van der Waals surface area (Å²) in [7, 11) is -3.64. The van der Waals surface area contributed by atoms with E-state index in [4.69, 9.17) is 0 Å². The smallest absolute Gasteiger partial charge is 0.258 e. The Bertz CT molecular complexity index is 1160. The quantitative estimate of drug-likeness (QED) is 0.712. The van der Waals surface area contributed by atoms with Gasteiger partial charge in [0.1, 0.15) is 11.6 Å². The second-order valence-electron chi connectivity index (χ2n) is 9.49. The Balaban J connectivity index is 1.36. The third kappa shape index (κ3) is 3.71. The third-order valence-electron chi connectivity index (χ3n) is 7.38. The van der Waals surface area contributed by atoms with E-state index in [1.807, 2.05) is 6.07 Å². The van der Waals surface area contributed by atoms with Gasteiger partial charge in [-0.3, -0.25) is 9.21 Å². The average Bonchev–Trinajstić information content (AvgIpc) is 2.95. The molecule has 170 valence electrons. The second-order valence-corrected chi connectivity index (χ2v) is 11.2. The fraction of sp³-hybridized carbons (Fsp3) is 0.440. The van der Waals surface area contributed by atoms with Crippen molar-refractivity contribution in [3.63, 3.8) is 0 Å². The molecule has 2 heterocycles. The molecule has 3 aliphatic rings. The topological polar surface area (TPSA) is 60.9 Å². The molecule has 1 aliphatic carbocycles. The minimum atomic E-state index is -3.64. The number of hydrogen-bond donors (Lipinski definition) is 1. The van der Waals surface area contributed by atoms with Crippen molar-refractivity contribution in [3.8, 4) is 5.75 Å². The van der Waals surface area contributed by atoms with Crippen molar-refractivity contribution >= 4 is 15.7 Å². The first kappa shape index (κ1) is 21.5. The highest BCUT2D eigenvalue weighted by Gasteiger charge is 2.49. The summed E-state index contributed by atoms with van der Waals surface area (Å²) in [5, 5.41) is 11.5. The number of sulfonamides is 1. The lowest BCUT2D eigenvalue weighted by Crippen LogP contribution is -2.56. The van der Waals surface area contributed by atoms with Gasteiger partial charge < -0.3 is 5.11 Å². The molecule has 1 saturated heterocycles. The minimum absolute atomic E-state index is 0.138. The van der Waals surface area contributed by atoms with Gasteiger partial charge in [0.25, 0.3) is 10.0 Å². The van der Waals surface area contributed by atoms with Crippen molar-refractivity contribution in [2.45, 2.75) is 63.1 Å². The summed E-state index contributed by atoms with van der Waals surface area (Å²) >= 11 is 0. The lowest BCUT2D eigenvalue weighted by Gasteiger charge is -2.47. The number of nitrogens with zero attached hydrogens (tertiary/aromatic N) is 2. The molecule has 1 saturated carbocycles. The molecule has 0 aromatic heterocycles. The first-order valence-corrected chi connectivity index (χ1v) is 12.8. The number of rotatable bonds is 4. The van der Waals surface area contributed by atoms with E-state index in [9.17, 15) is 17.9 Å². The number of hydrogen-bond acceptors (Lipinski definition) is 4. The van der Waals surface area contributed by atoms with Crippen LogP contribution >= 0.6 is 0 Å². The lowest BCUT2D eigenvalue weighted by atomic mass is 9.79.